The van der Waals surface area contributed by atoms with Crippen molar-refractivity contribution in [2.24, 2.45) is 10.9 Å². The third-order valence-electron chi connectivity index (χ3n) is 6.06. The number of hydrogen-bond donors (Lipinski definition) is 2. The maximum Gasteiger partial charge on any atom is 0.191 e. The lowest BCUT2D eigenvalue weighted by Crippen LogP contribution is -2.49. The van der Waals surface area contributed by atoms with E-state index in [0.29, 0.717) is 18.0 Å². The third kappa shape index (κ3) is 8.32. The van der Waals surface area contributed by atoms with Crippen LogP contribution in [0, 0.1) is 5.92 Å². The molecular formula is C23H39IN4O2. The Morgan fingerprint density at radius 1 is 1.23 bits per heavy atom. The Hall–Kier alpha value is -0.900. The van der Waals surface area contributed by atoms with Gasteiger partial charge in [0.1, 0.15) is 0 Å². The summed E-state index contributed by atoms with van der Waals surface area (Å²) in [4.78, 5) is 6.97. The van der Waals surface area contributed by atoms with Crippen molar-refractivity contribution in [1.29, 1.82) is 0 Å². The molecule has 6 nitrogen and oxygen atoms in total. The van der Waals surface area contributed by atoms with Crippen molar-refractivity contribution in [2.45, 2.75) is 44.7 Å². The van der Waals surface area contributed by atoms with Crippen LogP contribution >= 0.6 is 24.0 Å². The minimum atomic E-state index is 0. The Morgan fingerprint density at radius 3 is 2.67 bits per heavy atom. The van der Waals surface area contributed by atoms with Crippen LogP contribution in [0.15, 0.2) is 35.3 Å². The largest absolute Gasteiger partial charge is 0.381 e. The van der Waals surface area contributed by atoms with Gasteiger partial charge in [-0.15, -0.1) is 24.0 Å². The number of halogens is 1. The van der Waals surface area contributed by atoms with Crippen LogP contribution < -0.4 is 10.6 Å². The second-order valence-electron chi connectivity index (χ2n) is 8.20. The second-order valence-corrected chi connectivity index (χ2v) is 8.20. The lowest BCUT2D eigenvalue weighted by molar-refractivity contribution is 0.0888. The number of hydrogen-bond acceptors (Lipinski definition) is 4. The van der Waals surface area contributed by atoms with Crippen LogP contribution in [0.4, 0.5) is 0 Å². The van der Waals surface area contributed by atoms with E-state index in [-0.39, 0.29) is 24.0 Å². The Labute approximate surface area is 199 Å². The first-order chi connectivity index (χ1) is 14.3. The van der Waals surface area contributed by atoms with Crippen LogP contribution in [0.1, 0.15) is 44.2 Å². The topological polar surface area (TPSA) is 58.1 Å². The molecule has 2 N–H and O–H groups in total. The summed E-state index contributed by atoms with van der Waals surface area (Å²) < 4.78 is 11.1. The van der Waals surface area contributed by atoms with Gasteiger partial charge in [0.15, 0.2) is 5.96 Å². The van der Waals surface area contributed by atoms with E-state index >= 15 is 0 Å². The van der Waals surface area contributed by atoms with Crippen molar-refractivity contribution in [3.8, 4) is 0 Å². The molecule has 2 aliphatic rings. The Bertz CT molecular complexity index is 602. The smallest absolute Gasteiger partial charge is 0.191 e. The number of ether oxygens (including phenoxy) is 2. The summed E-state index contributed by atoms with van der Waals surface area (Å²) in [7, 11) is 1.85. The summed E-state index contributed by atoms with van der Waals surface area (Å²) in [5.41, 5.74) is 1.40. The first-order valence-electron chi connectivity index (χ1n) is 11.2. The van der Waals surface area contributed by atoms with E-state index in [1.807, 2.05) is 7.05 Å². The van der Waals surface area contributed by atoms with Crippen molar-refractivity contribution in [3.63, 3.8) is 0 Å². The van der Waals surface area contributed by atoms with Gasteiger partial charge in [-0.25, -0.2) is 0 Å². The molecule has 2 unspecified atom stereocenters. The highest BCUT2D eigenvalue weighted by atomic mass is 127. The second kappa shape index (κ2) is 14.2. The fourth-order valence-electron chi connectivity index (χ4n) is 4.11. The molecule has 0 spiro atoms. The molecule has 3 rings (SSSR count). The molecule has 0 radical (unpaired) electrons. The Morgan fingerprint density at radius 2 is 2.00 bits per heavy atom. The molecule has 1 aromatic carbocycles. The van der Waals surface area contributed by atoms with E-state index in [4.69, 9.17) is 9.47 Å². The molecule has 2 heterocycles. The molecule has 0 saturated carbocycles. The average molecular weight is 530 g/mol. The van der Waals surface area contributed by atoms with E-state index in [1.54, 1.807) is 0 Å². The highest BCUT2D eigenvalue weighted by molar-refractivity contribution is 14.0. The quantitative estimate of drug-likeness (QED) is 0.222. The first kappa shape index (κ1) is 25.4. The van der Waals surface area contributed by atoms with Crippen molar-refractivity contribution >= 4 is 29.9 Å². The van der Waals surface area contributed by atoms with Crippen LogP contribution in [0.5, 0.6) is 0 Å². The van der Waals surface area contributed by atoms with Gasteiger partial charge >= 0.3 is 0 Å². The fourth-order valence-corrected chi connectivity index (χ4v) is 4.11. The number of likely N-dealkylation sites (tertiary alicyclic amines) is 1. The van der Waals surface area contributed by atoms with Gasteiger partial charge in [-0.05, 0) is 38.2 Å². The zero-order valence-electron chi connectivity index (χ0n) is 18.5. The minimum absolute atomic E-state index is 0. The number of rotatable bonds is 9. The molecular weight excluding hydrogens is 491 g/mol. The normalized spacial score (nSPS) is 21.8. The molecule has 170 valence electrons. The summed E-state index contributed by atoms with van der Waals surface area (Å²) in [5.74, 6) is 1.50. The highest BCUT2D eigenvalue weighted by Crippen LogP contribution is 2.23. The van der Waals surface area contributed by atoms with Gasteiger partial charge in [0.25, 0.3) is 0 Å². The molecule has 2 saturated heterocycles. The molecule has 0 amide bonds. The minimum Gasteiger partial charge on any atom is -0.381 e. The molecule has 0 aromatic heterocycles. The molecule has 2 aliphatic heterocycles. The molecule has 30 heavy (non-hydrogen) atoms. The molecule has 0 aliphatic carbocycles. The van der Waals surface area contributed by atoms with E-state index in [9.17, 15) is 0 Å². The molecule has 2 fully saturated rings. The van der Waals surface area contributed by atoms with Crippen LogP contribution in [0.2, 0.25) is 0 Å². The summed E-state index contributed by atoms with van der Waals surface area (Å²) in [6, 6.07) is 11.8. The predicted molar refractivity (Wildman–Crippen MR) is 134 cm³/mol. The molecule has 2 atom stereocenters. The van der Waals surface area contributed by atoms with E-state index < -0.39 is 0 Å². The molecule has 0 bridgehead atoms. The Balaban J connectivity index is 0.00000320. The van der Waals surface area contributed by atoms with Crippen LogP contribution in [-0.4, -0.2) is 70.0 Å². The highest BCUT2D eigenvalue weighted by Gasteiger charge is 2.24. The maximum atomic E-state index is 5.77. The SMILES string of the molecule is CN=C(NCCCOCC1CCOC1)NC1CCN(C(C)c2ccccc2)CC1.I. The first-order valence-corrected chi connectivity index (χ1v) is 11.2. The van der Waals surface area contributed by atoms with Gasteiger partial charge in [0.05, 0.1) is 13.2 Å². The number of benzene rings is 1. The standard InChI is InChI=1S/C23H38N4O2.HI/c1-19(21-7-4-3-5-8-21)27-13-9-22(10-14-27)26-23(24-2)25-12-6-15-28-17-20-11-16-29-18-20;/h3-5,7-8,19-20,22H,6,9-18H2,1-2H3,(H2,24,25,26);1H. The number of guanidine groups is 1. The average Bonchev–Trinajstić information content (AvgIpc) is 3.29. The van der Waals surface area contributed by atoms with Gasteiger partial charge in [-0.2, -0.15) is 0 Å². The number of piperidine rings is 1. The van der Waals surface area contributed by atoms with E-state index in [0.717, 1.165) is 77.7 Å². The third-order valence-corrected chi connectivity index (χ3v) is 6.06. The van der Waals surface area contributed by atoms with E-state index in [2.05, 4.69) is 57.8 Å². The van der Waals surface area contributed by atoms with Gasteiger partial charge in [-0.3, -0.25) is 9.89 Å². The number of aliphatic imine (C=N–C) groups is 1. The Kier molecular flexibility index (Phi) is 12.0. The van der Waals surface area contributed by atoms with Crippen LogP contribution in [0.25, 0.3) is 0 Å². The van der Waals surface area contributed by atoms with Gasteiger partial charge in [0.2, 0.25) is 0 Å². The summed E-state index contributed by atoms with van der Waals surface area (Å²) in [6.45, 7) is 8.78. The lowest BCUT2D eigenvalue weighted by atomic mass is 10.0. The molecule has 7 heteroatoms. The van der Waals surface area contributed by atoms with Gasteiger partial charge in [-0.1, -0.05) is 30.3 Å². The summed E-state index contributed by atoms with van der Waals surface area (Å²) >= 11 is 0. The summed E-state index contributed by atoms with van der Waals surface area (Å²) in [6.07, 6.45) is 4.41. The predicted octanol–water partition coefficient (Wildman–Crippen LogP) is 3.44. The van der Waals surface area contributed by atoms with Crippen LogP contribution in [-0.2, 0) is 9.47 Å². The maximum absolute atomic E-state index is 5.77. The van der Waals surface area contributed by atoms with Crippen LogP contribution in [0.3, 0.4) is 0 Å². The number of nitrogens with one attached hydrogen (secondary N) is 2. The monoisotopic (exact) mass is 530 g/mol. The zero-order chi connectivity index (χ0) is 20.3. The van der Waals surface area contributed by atoms with Crippen molar-refractivity contribution in [3.05, 3.63) is 35.9 Å². The van der Waals surface area contributed by atoms with Crippen molar-refractivity contribution < 1.29 is 9.47 Å². The summed E-state index contributed by atoms with van der Waals surface area (Å²) in [5, 5.41) is 7.02. The van der Waals surface area contributed by atoms with Crippen molar-refractivity contribution in [2.75, 3.05) is 53.1 Å². The van der Waals surface area contributed by atoms with E-state index in [1.165, 1.54) is 5.56 Å². The van der Waals surface area contributed by atoms with Gasteiger partial charge < -0.3 is 20.1 Å². The van der Waals surface area contributed by atoms with Crippen molar-refractivity contribution in [1.82, 2.24) is 15.5 Å². The zero-order valence-corrected chi connectivity index (χ0v) is 20.8. The van der Waals surface area contributed by atoms with Gasteiger partial charge in [0, 0.05) is 57.9 Å². The fraction of sp³-hybridized carbons (Fsp3) is 0.696. The number of nitrogens with zero attached hydrogens (tertiary/aromatic N) is 2. The lowest BCUT2D eigenvalue weighted by Gasteiger charge is -2.37. The molecule has 1 aromatic rings.